The summed E-state index contributed by atoms with van der Waals surface area (Å²) in [7, 11) is 1.61. The molecule has 1 fully saturated rings. The minimum atomic E-state index is -0.366. The smallest absolute Gasteiger partial charge is 0.238 e. The van der Waals surface area contributed by atoms with Crippen molar-refractivity contribution in [3.05, 3.63) is 84.0 Å². The summed E-state index contributed by atoms with van der Waals surface area (Å²) in [6.45, 7) is 1.86. The Balaban J connectivity index is 1.16. The predicted octanol–water partition coefficient (Wildman–Crippen LogP) is 2.93. The number of rotatable bonds is 9. The van der Waals surface area contributed by atoms with Gasteiger partial charge >= 0.3 is 0 Å². The van der Waals surface area contributed by atoms with E-state index in [1.54, 1.807) is 41.4 Å². The number of hydrogen-bond donors (Lipinski definition) is 1. The van der Waals surface area contributed by atoms with Crippen LogP contribution in [0.25, 0.3) is 5.95 Å². The number of benzene rings is 2. The van der Waals surface area contributed by atoms with E-state index in [0.29, 0.717) is 49.5 Å². The first-order chi connectivity index (χ1) is 21.4. The van der Waals surface area contributed by atoms with E-state index in [-0.39, 0.29) is 48.5 Å². The van der Waals surface area contributed by atoms with Gasteiger partial charge in [-0.05, 0) is 29.8 Å². The lowest BCUT2D eigenvalue weighted by molar-refractivity contribution is -0.132. The van der Waals surface area contributed by atoms with Crippen molar-refractivity contribution in [1.82, 2.24) is 29.7 Å². The minimum absolute atomic E-state index is 0.0218. The monoisotopic (exact) mass is 617 g/mol. The van der Waals surface area contributed by atoms with Gasteiger partial charge in [0, 0.05) is 44.5 Å². The molecule has 2 aromatic heterocycles. The molecule has 2 aliphatic rings. The molecule has 2 atom stereocenters. The highest BCUT2D eigenvalue weighted by Gasteiger charge is 2.33. The van der Waals surface area contributed by atoms with Gasteiger partial charge < -0.3 is 29.3 Å². The number of para-hydroxylation sites is 2. The highest BCUT2D eigenvalue weighted by atomic mass is 35.5. The fourth-order valence-corrected chi connectivity index (χ4v) is 5.47. The molecule has 12 nitrogen and oxygen atoms in total. The maximum Gasteiger partial charge on any atom is 0.238 e. The van der Waals surface area contributed by atoms with Crippen molar-refractivity contribution in [1.29, 1.82) is 0 Å². The number of hydrogen-bond acceptors (Lipinski definition) is 9. The summed E-state index contributed by atoms with van der Waals surface area (Å²) < 4.78 is 18.7. The van der Waals surface area contributed by atoms with Gasteiger partial charge in [-0.15, -0.1) is 0 Å². The fraction of sp³-hybridized carbons (Fsp3) is 0.323. The van der Waals surface area contributed by atoms with Gasteiger partial charge in [0.25, 0.3) is 0 Å². The number of halogens is 1. The van der Waals surface area contributed by atoms with Gasteiger partial charge in [0.05, 0.1) is 26.1 Å². The highest BCUT2D eigenvalue weighted by Crippen LogP contribution is 2.31. The van der Waals surface area contributed by atoms with Crippen LogP contribution in [0.5, 0.6) is 17.2 Å². The molecule has 44 heavy (non-hydrogen) atoms. The Morgan fingerprint density at radius 2 is 1.91 bits per heavy atom. The van der Waals surface area contributed by atoms with Crippen molar-refractivity contribution in [2.45, 2.75) is 25.0 Å². The number of methoxy groups -OCH3 is 1. The quantitative estimate of drug-likeness (QED) is 0.282. The average Bonchev–Trinajstić information content (AvgIpc) is 3.59. The second-order valence-electron chi connectivity index (χ2n) is 10.5. The third-order valence-electron chi connectivity index (χ3n) is 7.56. The van der Waals surface area contributed by atoms with Crippen LogP contribution >= 0.6 is 11.6 Å². The summed E-state index contributed by atoms with van der Waals surface area (Å²) in [4.78, 5) is 43.6. The Bertz CT molecular complexity index is 1600. The molecule has 1 N–H and O–H groups in total. The number of nitrogens with zero attached hydrogens (tertiary/aromatic N) is 6. The van der Waals surface area contributed by atoms with Crippen molar-refractivity contribution in [2.75, 3.05) is 44.8 Å². The highest BCUT2D eigenvalue weighted by molar-refractivity contribution is 6.29. The summed E-state index contributed by atoms with van der Waals surface area (Å²) in [5.41, 5.74) is 0.886. The van der Waals surface area contributed by atoms with Crippen LogP contribution in [0.3, 0.4) is 0 Å². The molecule has 6 rings (SSSR count). The van der Waals surface area contributed by atoms with Gasteiger partial charge in [-0.2, -0.15) is 4.98 Å². The Hall–Kier alpha value is -4.84. The molecule has 2 amide bonds. The molecule has 0 spiro atoms. The maximum absolute atomic E-state index is 13.4. The lowest BCUT2D eigenvalue weighted by Crippen LogP contribution is -2.57. The van der Waals surface area contributed by atoms with E-state index in [4.69, 9.17) is 30.8 Å². The van der Waals surface area contributed by atoms with E-state index < -0.39 is 0 Å². The zero-order chi connectivity index (χ0) is 30.5. The fourth-order valence-electron chi connectivity index (χ4n) is 5.30. The predicted molar refractivity (Wildman–Crippen MR) is 163 cm³/mol. The topological polar surface area (TPSA) is 124 Å². The number of aromatic nitrogens is 4. The van der Waals surface area contributed by atoms with Crippen molar-refractivity contribution >= 4 is 29.2 Å². The second kappa shape index (κ2) is 13.2. The molecule has 0 bridgehead atoms. The molecule has 2 unspecified atom stereocenters. The summed E-state index contributed by atoms with van der Waals surface area (Å²) in [6, 6.07) is 16.2. The number of amides is 2. The van der Waals surface area contributed by atoms with Crippen molar-refractivity contribution < 1.29 is 23.8 Å². The Morgan fingerprint density at radius 1 is 1.09 bits per heavy atom. The van der Waals surface area contributed by atoms with E-state index >= 15 is 0 Å². The summed E-state index contributed by atoms with van der Waals surface area (Å²) >= 11 is 6.41. The molecule has 13 heteroatoms. The number of ether oxygens (including phenoxy) is 3. The van der Waals surface area contributed by atoms with Gasteiger partial charge in [-0.1, -0.05) is 35.9 Å². The zero-order valence-corrected chi connectivity index (χ0v) is 24.9. The molecule has 2 aliphatic heterocycles. The first kappa shape index (κ1) is 29.2. The van der Waals surface area contributed by atoms with Crippen LogP contribution in [0.2, 0.25) is 5.15 Å². The normalized spacial score (nSPS) is 17.7. The molecular weight excluding hydrogens is 586 g/mol. The number of piperazine rings is 1. The standard InChI is InChI=1S/C31H32ClN7O5/c1-42-23-8-6-21(7-9-23)14-30(41)37-12-13-39(28-16-27(32)35-31(36-28)38-11-10-33-20-38)22(18-37)15-29(40)34-17-24-19-43-25-4-2-3-5-26(25)44-24/h2-11,16,20,22,24H,12-15,17-19H2,1H3,(H,34,40). The molecule has 0 aliphatic carbocycles. The van der Waals surface area contributed by atoms with E-state index in [0.717, 1.165) is 11.3 Å². The lowest BCUT2D eigenvalue weighted by atomic mass is 10.1. The van der Waals surface area contributed by atoms with Gasteiger partial charge in [0.1, 0.15) is 35.8 Å². The van der Waals surface area contributed by atoms with Crippen molar-refractivity contribution in [3.8, 4) is 23.2 Å². The second-order valence-corrected chi connectivity index (χ2v) is 10.9. The molecular formula is C31H32ClN7O5. The molecule has 2 aromatic carbocycles. The Morgan fingerprint density at radius 3 is 2.68 bits per heavy atom. The molecule has 4 heterocycles. The maximum atomic E-state index is 13.4. The van der Waals surface area contributed by atoms with Crippen LogP contribution < -0.4 is 24.4 Å². The Kier molecular flexibility index (Phi) is 8.78. The van der Waals surface area contributed by atoms with Crippen molar-refractivity contribution in [3.63, 3.8) is 0 Å². The summed E-state index contributed by atoms with van der Waals surface area (Å²) in [5, 5.41) is 3.24. The summed E-state index contributed by atoms with van der Waals surface area (Å²) in [5.74, 6) is 2.79. The van der Waals surface area contributed by atoms with Gasteiger partial charge in [-0.3, -0.25) is 14.2 Å². The molecule has 228 valence electrons. The summed E-state index contributed by atoms with van der Waals surface area (Å²) in [6.07, 6.45) is 4.99. The number of fused-ring (bicyclic) bond motifs is 1. The molecule has 4 aromatic rings. The van der Waals surface area contributed by atoms with Gasteiger partial charge in [-0.25, -0.2) is 9.97 Å². The first-order valence-corrected chi connectivity index (χ1v) is 14.7. The van der Waals surface area contributed by atoms with E-state index in [1.165, 1.54) is 0 Å². The van der Waals surface area contributed by atoms with E-state index in [9.17, 15) is 9.59 Å². The average molecular weight is 618 g/mol. The van der Waals surface area contributed by atoms with Crippen LogP contribution in [-0.2, 0) is 16.0 Å². The van der Waals surface area contributed by atoms with Gasteiger partial charge in [0.15, 0.2) is 11.5 Å². The minimum Gasteiger partial charge on any atom is -0.497 e. The third-order valence-corrected chi connectivity index (χ3v) is 7.76. The molecule has 0 radical (unpaired) electrons. The zero-order valence-electron chi connectivity index (χ0n) is 24.1. The Labute approximate surface area is 259 Å². The van der Waals surface area contributed by atoms with Crippen LogP contribution in [-0.4, -0.2) is 88.3 Å². The van der Waals surface area contributed by atoms with Crippen LogP contribution in [0.4, 0.5) is 5.82 Å². The SMILES string of the molecule is COc1ccc(CC(=O)N2CCN(c3cc(Cl)nc(-n4ccnc4)n3)C(CC(=O)NCC3COc4ccccc4O3)C2)cc1. The first-order valence-electron chi connectivity index (χ1n) is 14.3. The van der Waals surface area contributed by atoms with Crippen molar-refractivity contribution in [2.24, 2.45) is 0 Å². The van der Waals surface area contributed by atoms with Crippen LogP contribution in [0.15, 0.2) is 73.3 Å². The third kappa shape index (κ3) is 6.86. The van der Waals surface area contributed by atoms with Crippen LogP contribution in [0.1, 0.15) is 12.0 Å². The molecule has 1 saturated heterocycles. The van der Waals surface area contributed by atoms with E-state index in [2.05, 4.69) is 15.3 Å². The lowest BCUT2D eigenvalue weighted by Gasteiger charge is -2.42. The number of anilines is 1. The number of carbonyl (C=O) groups is 2. The molecule has 0 saturated carbocycles. The largest absolute Gasteiger partial charge is 0.497 e. The van der Waals surface area contributed by atoms with E-state index in [1.807, 2.05) is 53.4 Å². The van der Waals surface area contributed by atoms with Gasteiger partial charge in [0.2, 0.25) is 17.8 Å². The number of imidazole rings is 1. The number of carbonyl (C=O) groups excluding carboxylic acids is 2. The number of nitrogens with one attached hydrogen (secondary N) is 1. The van der Waals surface area contributed by atoms with Crippen LogP contribution in [0, 0.1) is 0 Å².